The van der Waals surface area contributed by atoms with Crippen molar-refractivity contribution in [3.8, 4) is 0 Å². The Hall–Kier alpha value is -2.33. The number of nitrogens with zero attached hydrogens (tertiary/aromatic N) is 1. The van der Waals surface area contributed by atoms with Gasteiger partial charge in [-0.25, -0.2) is 8.42 Å². The Balaban J connectivity index is 2.15. The number of carbonyl (C=O) groups is 1. The van der Waals surface area contributed by atoms with Gasteiger partial charge in [0.1, 0.15) is 5.76 Å². The zero-order valence-corrected chi connectivity index (χ0v) is 13.9. The van der Waals surface area contributed by atoms with Crippen LogP contribution < -0.4 is 5.32 Å². The van der Waals surface area contributed by atoms with Crippen molar-refractivity contribution in [1.29, 1.82) is 0 Å². The number of benzene rings is 1. The van der Waals surface area contributed by atoms with Gasteiger partial charge in [0, 0.05) is 0 Å². The zero-order chi connectivity index (χ0) is 18.7. The summed E-state index contributed by atoms with van der Waals surface area (Å²) in [5.41, 5.74) is -1.45. The molecule has 0 aliphatic rings. The van der Waals surface area contributed by atoms with Gasteiger partial charge in [0.2, 0.25) is 15.9 Å². The number of hydrogen-bond acceptors (Lipinski definition) is 4. The van der Waals surface area contributed by atoms with Gasteiger partial charge in [-0.05, 0) is 24.3 Å². The van der Waals surface area contributed by atoms with Crippen molar-refractivity contribution in [2.75, 3.05) is 18.1 Å². The molecule has 1 aromatic heterocycles. The summed E-state index contributed by atoms with van der Waals surface area (Å²) in [6.07, 6.45) is -2.41. The van der Waals surface area contributed by atoms with Crippen LogP contribution in [0.15, 0.2) is 47.1 Å². The molecule has 0 unspecified atom stereocenters. The molecule has 0 aliphatic heterocycles. The van der Waals surface area contributed by atoms with Crippen molar-refractivity contribution < 1.29 is 30.8 Å². The number of carbonyl (C=O) groups excluding carboxylic acids is 1. The minimum atomic E-state index is -4.64. The molecule has 1 aromatic carbocycles. The molecule has 0 saturated heterocycles. The largest absolute Gasteiger partial charge is 0.468 e. The second-order valence-electron chi connectivity index (χ2n) is 5.20. The van der Waals surface area contributed by atoms with E-state index in [1.807, 2.05) is 0 Å². The summed E-state index contributed by atoms with van der Waals surface area (Å²) >= 11 is 0. The molecule has 0 fully saturated rings. The van der Waals surface area contributed by atoms with Crippen LogP contribution in [0.1, 0.15) is 11.3 Å². The maximum absolute atomic E-state index is 12.9. The number of rotatable bonds is 6. The van der Waals surface area contributed by atoms with Crippen molar-refractivity contribution in [3.63, 3.8) is 0 Å². The summed E-state index contributed by atoms with van der Waals surface area (Å²) in [5, 5.41) is 2.10. The molecule has 6 nitrogen and oxygen atoms in total. The third-order valence-corrected chi connectivity index (χ3v) is 4.40. The number of amides is 1. The molecular formula is C15H15F3N2O4S. The van der Waals surface area contributed by atoms with E-state index in [1.54, 1.807) is 6.07 Å². The van der Waals surface area contributed by atoms with E-state index >= 15 is 0 Å². The van der Waals surface area contributed by atoms with Crippen molar-refractivity contribution in [2.24, 2.45) is 0 Å². The first-order valence-electron chi connectivity index (χ1n) is 7.01. The monoisotopic (exact) mass is 376 g/mol. The molecule has 25 heavy (non-hydrogen) atoms. The number of alkyl halides is 3. The van der Waals surface area contributed by atoms with E-state index in [9.17, 15) is 26.4 Å². The Morgan fingerprint density at radius 1 is 1.20 bits per heavy atom. The minimum absolute atomic E-state index is 0.208. The summed E-state index contributed by atoms with van der Waals surface area (Å²) in [5.74, 6) is -0.595. The maximum Gasteiger partial charge on any atom is 0.418 e. The second-order valence-corrected chi connectivity index (χ2v) is 7.18. The SMILES string of the molecule is CS(=O)(=O)N(CC(=O)Nc1ccccc1C(F)(F)F)Cc1ccco1. The van der Waals surface area contributed by atoms with Crippen LogP contribution in [-0.2, 0) is 27.5 Å². The highest BCUT2D eigenvalue weighted by molar-refractivity contribution is 7.88. The third kappa shape index (κ3) is 5.33. The molecule has 10 heteroatoms. The Labute approximate surface area is 142 Å². The van der Waals surface area contributed by atoms with Gasteiger partial charge in [0.15, 0.2) is 0 Å². The lowest BCUT2D eigenvalue weighted by Gasteiger charge is -2.19. The average Bonchev–Trinajstić information content (AvgIpc) is 2.98. The molecule has 2 aromatic rings. The maximum atomic E-state index is 12.9. The Morgan fingerprint density at radius 2 is 1.88 bits per heavy atom. The van der Waals surface area contributed by atoms with E-state index in [0.717, 1.165) is 22.7 Å². The quantitative estimate of drug-likeness (QED) is 0.841. The minimum Gasteiger partial charge on any atom is -0.468 e. The van der Waals surface area contributed by atoms with E-state index in [1.165, 1.54) is 24.5 Å². The van der Waals surface area contributed by atoms with Crippen LogP contribution in [0.2, 0.25) is 0 Å². The predicted octanol–water partition coefficient (Wildman–Crippen LogP) is 2.70. The fourth-order valence-electron chi connectivity index (χ4n) is 2.06. The van der Waals surface area contributed by atoms with Gasteiger partial charge in [0.05, 0.1) is 36.9 Å². The van der Waals surface area contributed by atoms with Gasteiger partial charge in [-0.2, -0.15) is 17.5 Å². The van der Waals surface area contributed by atoms with Crippen molar-refractivity contribution >= 4 is 21.6 Å². The van der Waals surface area contributed by atoms with Crippen LogP contribution in [0.25, 0.3) is 0 Å². The molecule has 0 bridgehead atoms. The van der Waals surface area contributed by atoms with Crippen molar-refractivity contribution in [3.05, 3.63) is 54.0 Å². The summed E-state index contributed by atoms with van der Waals surface area (Å²) < 4.78 is 68.2. The first-order valence-corrected chi connectivity index (χ1v) is 8.86. The third-order valence-electron chi connectivity index (χ3n) is 3.21. The Bertz CT molecular complexity index is 833. The lowest BCUT2D eigenvalue weighted by Crippen LogP contribution is -2.37. The molecular weight excluding hydrogens is 361 g/mol. The number of anilines is 1. The zero-order valence-electron chi connectivity index (χ0n) is 13.1. The highest BCUT2D eigenvalue weighted by Crippen LogP contribution is 2.34. The molecule has 0 radical (unpaired) electrons. The first kappa shape index (κ1) is 19.0. The molecule has 136 valence electrons. The standard InChI is InChI=1S/C15H15F3N2O4S/c1-25(22,23)20(9-11-5-4-8-24-11)10-14(21)19-13-7-3-2-6-12(13)15(16,17)18/h2-8H,9-10H2,1H3,(H,19,21). The molecule has 0 spiro atoms. The highest BCUT2D eigenvalue weighted by atomic mass is 32.2. The van der Waals surface area contributed by atoms with E-state index in [-0.39, 0.29) is 6.54 Å². The fraction of sp³-hybridized carbons (Fsp3) is 0.267. The number of halogens is 3. The van der Waals surface area contributed by atoms with Crippen LogP contribution in [0, 0.1) is 0 Å². The summed E-state index contributed by atoms with van der Waals surface area (Å²) in [6.45, 7) is -0.855. The predicted molar refractivity (Wildman–Crippen MR) is 84.0 cm³/mol. The van der Waals surface area contributed by atoms with Gasteiger partial charge in [0.25, 0.3) is 0 Å². The smallest absolute Gasteiger partial charge is 0.418 e. The number of hydrogen-bond donors (Lipinski definition) is 1. The molecule has 1 N–H and O–H groups in total. The van der Waals surface area contributed by atoms with Gasteiger partial charge in [-0.1, -0.05) is 12.1 Å². The Morgan fingerprint density at radius 3 is 2.44 bits per heavy atom. The van der Waals surface area contributed by atoms with Crippen LogP contribution >= 0.6 is 0 Å². The van der Waals surface area contributed by atoms with Gasteiger partial charge in [-0.3, -0.25) is 4.79 Å². The molecule has 1 heterocycles. The van der Waals surface area contributed by atoms with E-state index in [4.69, 9.17) is 4.42 Å². The van der Waals surface area contributed by atoms with Crippen LogP contribution in [0.5, 0.6) is 0 Å². The number of para-hydroxylation sites is 1. The van der Waals surface area contributed by atoms with Gasteiger partial charge < -0.3 is 9.73 Å². The number of furan rings is 1. The highest BCUT2D eigenvalue weighted by Gasteiger charge is 2.33. The fourth-order valence-corrected chi connectivity index (χ4v) is 2.77. The lowest BCUT2D eigenvalue weighted by atomic mass is 10.1. The van der Waals surface area contributed by atoms with E-state index in [0.29, 0.717) is 5.76 Å². The van der Waals surface area contributed by atoms with Crippen LogP contribution in [0.4, 0.5) is 18.9 Å². The normalized spacial score (nSPS) is 12.4. The van der Waals surface area contributed by atoms with Crippen molar-refractivity contribution in [2.45, 2.75) is 12.7 Å². The number of nitrogens with one attached hydrogen (secondary N) is 1. The lowest BCUT2D eigenvalue weighted by molar-refractivity contribution is -0.137. The molecule has 0 aliphatic carbocycles. The first-order chi connectivity index (χ1) is 11.6. The van der Waals surface area contributed by atoms with E-state index in [2.05, 4.69) is 5.32 Å². The van der Waals surface area contributed by atoms with Crippen LogP contribution in [-0.4, -0.2) is 31.4 Å². The summed E-state index contributed by atoms with van der Waals surface area (Å²) in [4.78, 5) is 12.1. The summed E-state index contributed by atoms with van der Waals surface area (Å²) in [7, 11) is -3.78. The summed E-state index contributed by atoms with van der Waals surface area (Å²) in [6, 6.07) is 7.52. The van der Waals surface area contributed by atoms with Gasteiger partial charge >= 0.3 is 6.18 Å². The molecule has 0 atom stereocenters. The number of sulfonamides is 1. The van der Waals surface area contributed by atoms with Crippen LogP contribution in [0.3, 0.4) is 0 Å². The topological polar surface area (TPSA) is 79.6 Å². The molecule has 0 saturated carbocycles. The average molecular weight is 376 g/mol. The molecule has 1 amide bonds. The van der Waals surface area contributed by atoms with Crippen molar-refractivity contribution in [1.82, 2.24) is 4.31 Å². The van der Waals surface area contributed by atoms with E-state index < -0.39 is 39.9 Å². The second kappa shape index (κ2) is 7.28. The molecule has 2 rings (SSSR count). The van der Waals surface area contributed by atoms with Gasteiger partial charge in [-0.15, -0.1) is 0 Å². The Kier molecular flexibility index (Phi) is 5.53.